The van der Waals surface area contributed by atoms with E-state index in [1.807, 2.05) is 0 Å². The zero-order valence-corrected chi connectivity index (χ0v) is 6.25. The van der Waals surface area contributed by atoms with Crippen LogP contribution in [0.5, 0.6) is 5.75 Å². The van der Waals surface area contributed by atoms with Gasteiger partial charge in [0.05, 0.1) is 0 Å². The van der Waals surface area contributed by atoms with E-state index in [4.69, 9.17) is 0 Å². The Morgan fingerprint density at radius 1 is 1.08 bits per heavy atom. The molecule has 0 heterocycles. The van der Waals surface area contributed by atoms with Gasteiger partial charge >= 0.3 is 0 Å². The van der Waals surface area contributed by atoms with Gasteiger partial charge in [0, 0.05) is 5.39 Å². The van der Waals surface area contributed by atoms with Crippen LogP contribution in [0.2, 0.25) is 0 Å². The molecule has 2 heteroatoms. The Morgan fingerprint density at radius 2 is 1.92 bits per heavy atom. The molecular formula is C10H6FO. The molecule has 0 aliphatic carbocycles. The summed E-state index contributed by atoms with van der Waals surface area (Å²) in [5.74, 6) is -0.374. The van der Waals surface area contributed by atoms with Crippen LogP contribution in [-0.2, 0) is 5.11 Å². The van der Waals surface area contributed by atoms with E-state index in [9.17, 15) is 9.50 Å². The van der Waals surface area contributed by atoms with E-state index in [2.05, 4.69) is 0 Å². The Morgan fingerprint density at radius 3 is 2.75 bits per heavy atom. The highest BCUT2D eigenvalue weighted by atomic mass is 19.1. The van der Waals surface area contributed by atoms with Gasteiger partial charge in [0.15, 0.2) is 5.75 Å². The first-order valence-electron chi connectivity index (χ1n) is 3.63. The molecule has 0 unspecified atom stereocenters. The van der Waals surface area contributed by atoms with Crippen LogP contribution < -0.4 is 0 Å². The van der Waals surface area contributed by atoms with Gasteiger partial charge in [-0.05, 0) is 29.7 Å². The summed E-state index contributed by atoms with van der Waals surface area (Å²) in [4.78, 5) is 0. The van der Waals surface area contributed by atoms with Crippen LogP contribution in [-0.4, -0.2) is 0 Å². The summed E-state index contributed by atoms with van der Waals surface area (Å²) in [6.45, 7) is 0. The van der Waals surface area contributed by atoms with Crippen LogP contribution in [0.25, 0.3) is 10.8 Å². The predicted molar refractivity (Wildman–Crippen MR) is 44.0 cm³/mol. The van der Waals surface area contributed by atoms with Crippen molar-refractivity contribution < 1.29 is 9.50 Å². The van der Waals surface area contributed by atoms with Crippen LogP contribution in [0.4, 0.5) is 4.39 Å². The second kappa shape index (κ2) is 2.48. The van der Waals surface area contributed by atoms with Gasteiger partial charge < -0.3 is 0 Å². The Hall–Kier alpha value is -1.57. The van der Waals surface area contributed by atoms with Crippen LogP contribution >= 0.6 is 0 Å². The first-order valence-corrected chi connectivity index (χ1v) is 3.63. The summed E-state index contributed by atoms with van der Waals surface area (Å²) >= 11 is 0. The lowest BCUT2D eigenvalue weighted by Gasteiger charge is -1.97. The van der Waals surface area contributed by atoms with Crippen LogP contribution in [0.3, 0.4) is 0 Å². The maximum Gasteiger partial charge on any atom is 0.179 e. The molecule has 12 heavy (non-hydrogen) atoms. The molecule has 0 saturated carbocycles. The molecule has 0 atom stereocenters. The highest BCUT2D eigenvalue weighted by molar-refractivity contribution is 5.84. The smallest absolute Gasteiger partial charge is 0.179 e. The third-order valence-corrected chi connectivity index (χ3v) is 1.80. The number of hydrogen-bond donors (Lipinski definition) is 0. The van der Waals surface area contributed by atoms with E-state index in [1.165, 1.54) is 24.3 Å². The highest BCUT2D eigenvalue weighted by Crippen LogP contribution is 2.22. The monoisotopic (exact) mass is 161 g/mol. The standard InChI is InChI=1S/C10H6FO/c11-10-3-1-2-7-6-8(12)4-5-9(7)10/h1-6H. The summed E-state index contributed by atoms with van der Waals surface area (Å²) in [6, 6.07) is 9.00. The molecule has 0 amide bonds. The average molecular weight is 161 g/mol. The van der Waals surface area contributed by atoms with E-state index in [0.29, 0.717) is 10.8 Å². The molecule has 2 aromatic carbocycles. The van der Waals surface area contributed by atoms with Crippen molar-refractivity contribution in [2.45, 2.75) is 0 Å². The molecule has 0 saturated heterocycles. The van der Waals surface area contributed by atoms with E-state index in [-0.39, 0.29) is 11.6 Å². The third-order valence-electron chi connectivity index (χ3n) is 1.80. The number of fused-ring (bicyclic) bond motifs is 1. The van der Waals surface area contributed by atoms with Crippen molar-refractivity contribution in [2.75, 3.05) is 0 Å². The molecule has 0 fully saturated rings. The molecule has 59 valence electrons. The minimum Gasteiger partial charge on any atom is -0.290 e. The van der Waals surface area contributed by atoms with E-state index >= 15 is 0 Å². The van der Waals surface area contributed by atoms with Gasteiger partial charge in [-0.2, -0.15) is 0 Å². The number of hydrogen-bond acceptors (Lipinski definition) is 0. The molecule has 0 bridgehead atoms. The fraction of sp³-hybridized carbons (Fsp3) is 0. The molecule has 0 N–H and O–H groups in total. The minimum absolute atomic E-state index is 0.0897. The van der Waals surface area contributed by atoms with E-state index in [0.717, 1.165) is 0 Å². The van der Waals surface area contributed by atoms with Gasteiger partial charge in [0.1, 0.15) is 5.82 Å². The van der Waals surface area contributed by atoms with Crippen LogP contribution in [0.15, 0.2) is 36.4 Å². The lowest BCUT2D eigenvalue weighted by Crippen LogP contribution is -1.77. The molecular weight excluding hydrogens is 155 g/mol. The summed E-state index contributed by atoms with van der Waals surface area (Å²) in [7, 11) is 0. The largest absolute Gasteiger partial charge is 0.290 e. The van der Waals surface area contributed by atoms with Gasteiger partial charge in [0.25, 0.3) is 0 Å². The Labute approximate surface area is 69.1 Å². The fourth-order valence-electron chi connectivity index (χ4n) is 1.22. The van der Waals surface area contributed by atoms with Crippen molar-refractivity contribution in [1.29, 1.82) is 0 Å². The Kier molecular flexibility index (Phi) is 1.47. The molecule has 0 aromatic heterocycles. The maximum atomic E-state index is 13.0. The Bertz CT molecular complexity index is 423. The van der Waals surface area contributed by atoms with Crippen LogP contribution in [0.1, 0.15) is 0 Å². The molecule has 0 aliphatic heterocycles. The summed E-state index contributed by atoms with van der Waals surface area (Å²) < 4.78 is 13.0. The predicted octanol–water partition coefficient (Wildman–Crippen LogP) is 3.12. The normalized spacial score (nSPS) is 10.4. The van der Waals surface area contributed by atoms with Gasteiger partial charge in [-0.15, -0.1) is 0 Å². The number of benzene rings is 2. The zero-order chi connectivity index (χ0) is 8.55. The first-order chi connectivity index (χ1) is 5.77. The molecule has 1 nitrogen and oxygen atoms in total. The van der Waals surface area contributed by atoms with Gasteiger partial charge in [-0.3, -0.25) is 5.11 Å². The van der Waals surface area contributed by atoms with E-state index < -0.39 is 0 Å². The summed E-state index contributed by atoms with van der Waals surface area (Å²) in [5, 5.41) is 12.0. The third kappa shape index (κ3) is 1.01. The molecule has 0 aliphatic rings. The molecule has 1 radical (unpaired) electrons. The lowest BCUT2D eigenvalue weighted by atomic mass is 10.1. The Balaban J connectivity index is 2.86. The van der Waals surface area contributed by atoms with Crippen molar-refractivity contribution in [2.24, 2.45) is 0 Å². The first kappa shape index (κ1) is 7.10. The number of rotatable bonds is 0. The molecule has 2 rings (SSSR count). The second-order valence-corrected chi connectivity index (χ2v) is 2.62. The number of halogens is 1. The lowest BCUT2D eigenvalue weighted by molar-refractivity contribution is 0.355. The zero-order valence-electron chi connectivity index (χ0n) is 6.25. The van der Waals surface area contributed by atoms with Crippen LogP contribution in [0, 0.1) is 5.82 Å². The van der Waals surface area contributed by atoms with Crippen molar-refractivity contribution in [3.63, 3.8) is 0 Å². The summed E-state index contributed by atoms with van der Waals surface area (Å²) in [5.41, 5.74) is 0. The maximum absolute atomic E-state index is 13.0. The second-order valence-electron chi connectivity index (χ2n) is 2.62. The quantitative estimate of drug-likeness (QED) is 0.565. The summed E-state index contributed by atoms with van der Waals surface area (Å²) in [6.07, 6.45) is 0. The van der Waals surface area contributed by atoms with Crippen molar-refractivity contribution in [3.05, 3.63) is 42.2 Å². The van der Waals surface area contributed by atoms with Gasteiger partial charge in [0.2, 0.25) is 0 Å². The topological polar surface area (TPSA) is 19.9 Å². The highest BCUT2D eigenvalue weighted by Gasteiger charge is 1.99. The van der Waals surface area contributed by atoms with E-state index in [1.54, 1.807) is 12.1 Å². The molecule has 0 spiro atoms. The van der Waals surface area contributed by atoms with Gasteiger partial charge in [-0.1, -0.05) is 12.1 Å². The van der Waals surface area contributed by atoms with Crippen molar-refractivity contribution >= 4 is 10.8 Å². The molecule has 2 aromatic rings. The van der Waals surface area contributed by atoms with Gasteiger partial charge in [-0.25, -0.2) is 4.39 Å². The minimum atomic E-state index is -0.285. The van der Waals surface area contributed by atoms with Crippen molar-refractivity contribution in [1.82, 2.24) is 0 Å². The average Bonchev–Trinajstić information content (AvgIpc) is 2.04. The van der Waals surface area contributed by atoms with Crippen molar-refractivity contribution in [3.8, 4) is 5.75 Å². The SMILES string of the molecule is [O]c1ccc2c(F)cccc2c1. The fourth-order valence-corrected chi connectivity index (χ4v) is 1.22.